The van der Waals surface area contributed by atoms with Gasteiger partial charge in [-0.05, 0) is 70.0 Å². The van der Waals surface area contributed by atoms with Crippen LogP contribution in [-0.2, 0) is 14.3 Å². The van der Waals surface area contributed by atoms with Crippen LogP contribution >= 0.6 is 0 Å². The Kier molecular flexibility index (Phi) is 7.19. The minimum atomic E-state index is -0.765. The lowest BCUT2D eigenvalue weighted by Gasteiger charge is -2.27. The van der Waals surface area contributed by atoms with Crippen LogP contribution in [0.2, 0.25) is 0 Å². The van der Waals surface area contributed by atoms with Crippen molar-refractivity contribution in [1.82, 2.24) is 4.90 Å². The first kappa shape index (κ1) is 25.7. The Morgan fingerprint density at radius 2 is 1.73 bits per heavy atom. The van der Waals surface area contributed by atoms with E-state index >= 15 is 0 Å². The van der Waals surface area contributed by atoms with Crippen LogP contribution in [0.15, 0.2) is 57.9 Å². The number of hydrogen-bond acceptors (Lipinski definition) is 9. The average molecular weight is 510 g/mol. The Morgan fingerprint density at radius 3 is 2.41 bits per heavy atom. The number of methoxy groups -OCH3 is 1. The lowest BCUT2D eigenvalue weighted by molar-refractivity contribution is -0.139. The van der Waals surface area contributed by atoms with Crippen molar-refractivity contribution in [3.63, 3.8) is 0 Å². The van der Waals surface area contributed by atoms with Gasteiger partial charge >= 0.3 is 18.0 Å². The van der Waals surface area contributed by atoms with Gasteiger partial charge in [-0.25, -0.2) is 14.4 Å². The summed E-state index contributed by atoms with van der Waals surface area (Å²) in [7, 11) is 1.28. The van der Waals surface area contributed by atoms with Crippen molar-refractivity contribution in [2.45, 2.75) is 45.3 Å². The highest BCUT2D eigenvalue weighted by Gasteiger charge is 2.38. The summed E-state index contributed by atoms with van der Waals surface area (Å²) in [6, 6.07) is 9.69. The minimum Gasteiger partial charge on any atom is -0.465 e. The van der Waals surface area contributed by atoms with Crippen molar-refractivity contribution in [2.75, 3.05) is 13.7 Å². The smallest absolute Gasteiger partial charge is 0.411 e. The first-order valence-corrected chi connectivity index (χ1v) is 11.7. The molecule has 1 saturated heterocycles. The van der Waals surface area contributed by atoms with Gasteiger partial charge in [0.05, 0.1) is 18.1 Å². The topological polar surface area (TPSA) is 122 Å². The molecule has 2 heterocycles. The van der Waals surface area contributed by atoms with Crippen LogP contribution in [0, 0.1) is 0 Å². The van der Waals surface area contributed by atoms with E-state index < -0.39 is 35.1 Å². The van der Waals surface area contributed by atoms with Crippen LogP contribution in [0.4, 0.5) is 4.79 Å². The van der Waals surface area contributed by atoms with Gasteiger partial charge in [0.1, 0.15) is 35.0 Å². The summed E-state index contributed by atoms with van der Waals surface area (Å²) in [5.41, 5.74) is -0.574. The van der Waals surface area contributed by atoms with E-state index in [9.17, 15) is 19.2 Å². The monoisotopic (exact) mass is 509 g/mol. The molecule has 10 nitrogen and oxygen atoms in total. The van der Waals surface area contributed by atoms with Crippen LogP contribution in [0.25, 0.3) is 11.0 Å². The van der Waals surface area contributed by atoms with E-state index in [0.29, 0.717) is 30.7 Å². The maximum atomic E-state index is 12.9. The predicted molar refractivity (Wildman–Crippen MR) is 132 cm³/mol. The van der Waals surface area contributed by atoms with Crippen molar-refractivity contribution < 1.29 is 37.7 Å². The number of ether oxygens (including phenoxy) is 4. The van der Waals surface area contributed by atoms with E-state index in [1.54, 1.807) is 20.8 Å². The van der Waals surface area contributed by atoms with Crippen LogP contribution < -0.4 is 14.9 Å². The Balaban J connectivity index is 1.47. The van der Waals surface area contributed by atoms with Gasteiger partial charge in [0.25, 0.3) is 0 Å². The summed E-state index contributed by atoms with van der Waals surface area (Å²) in [5.74, 6) is -0.638. The molecular formula is C27H27NO9. The van der Waals surface area contributed by atoms with Crippen molar-refractivity contribution in [2.24, 2.45) is 0 Å². The van der Waals surface area contributed by atoms with Gasteiger partial charge in [-0.1, -0.05) is 0 Å². The average Bonchev–Trinajstić information content (AvgIpc) is 3.35. The molecule has 0 spiro atoms. The Labute approximate surface area is 212 Å². The highest BCUT2D eigenvalue weighted by Crippen LogP contribution is 2.27. The summed E-state index contributed by atoms with van der Waals surface area (Å²) in [5, 5.41) is 0.222. The first-order valence-electron chi connectivity index (χ1n) is 11.7. The molecule has 1 amide bonds. The molecule has 0 unspecified atom stereocenters. The molecule has 1 aromatic heterocycles. The number of fused-ring (bicyclic) bond motifs is 1. The molecule has 0 N–H and O–H groups in total. The lowest BCUT2D eigenvalue weighted by Crippen LogP contribution is -2.44. The molecule has 0 saturated carbocycles. The normalized spacial score (nSPS) is 15.4. The summed E-state index contributed by atoms with van der Waals surface area (Å²) >= 11 is 0. The fourth-order valence-corrected chi connectivity index (χ4v) is 3.86. The quantitative estimate of drug-likeness (QED) is 0.356. The number of hydrogen-bond donors (Lipinski definition) is 0. The molecule has 1 aliphatic rings. The largest absolute Gasteiger partial charge is 0.465 e. The molecule has 2 aromatic carbocycles. The summed E-state index contributed by atoms with van der Waals surface area (Å²) in [4.78, 5) is 51.1. The zero-order valence-corrected chi connectivity index (χ0v) is 20.9. The number of likely N-dealkylation sites (tertiary alicyclic amines) is 1. The standard InChI is InChI=1S/C27H27NO9/c1-27(2,3)37-26(32)28-13-5-6-20(28)25(31)36-18-11-12-19-21(14-18)34-15-22(23(19)29)35-17-9-7-16(8-10-17)24(30)33-4/h7-12,14-15,20H,5-6,13H2,1-4H3/t20-/m0/s1. The summed E-state index contributed by atoms with van der Waals surface area (Å²) in [6.45, 7) is 5.67. The van der Waals surface area contributed by atoms with Crippen LogP contribution in [0.3, 0.4) is 0 Å². The molecule has 0 bridgehead atoms. The summed E-state index contributed by atoms with van der Waals surface area (Å²) in [6.07, 6.45) is 1.71. The van der Waals surface area contributed by atoms with E-state index in [1.165, 1.54) is 54.5 Å². The number of rotatable bonds is 5. The second-order valence-electron chi connectivity index (χ2n) is 9.46. The molecule has 3 aromatic rings. The molecule has 1 fully saturated rings. The fourth-order valence-electron chi connectivity index (χ4n) is 3.86. The predicted octanol–water partition coefficient (Wildman–Crippen LogP) is 4.68. The Bertz CT molecular complexity index is 1390. The molecule has 0 aliphatic carbocycles. The van der Waals surface area contributed by atoms with Crippen molar-refractivity contribution in [1.29, 1.82) is 0 Å². The molecule has 194 valence electrons. The second-order valence-corrected chi connectivity index (χ2v) is 9.46. The van der Waals surface area contributed by atoms with Gasteiger partial charge in [0, 0.05) is 12.6 Å². The molecule has 1 aliphatic heterocycles. The van der Waals surface area contributed by atoms with Crippen molar-refractivity contribution >= 4 is 29.0 Å². The van der Waals surface area contributed by atoms with Crippen molar-refractivity contribution in [3.8, 4) is 17.2 Å². The SMILES string of the molecule is COC(=O)c1ccc(Oc2coc3cc(OC(=O)[C@@H]4CCCN4C(=O)OC(C)(C)C)ccc3c2=O)cc1. The third-order valence-electron chi connectivity index (χ3n) is 5.59. The highest BCUT2D eigenvalue weighted by molar-refractivity contribution is 5.89. The van der Waals surface area contributed by atoms with E-state index in [-0.39, 0.29) is 22.5 Å². The number of nitrogens with zero attached hydrogens (tertiary/aromatic N) is 1. The summed E-state index contributed by atoms with van der Waals surface area (Å²) < 4.78 is 26.7. The molecule has 4 rings (SSSR count). The van der Waals surface area contributed by atoms with Gasteiger partial charge in [-0.3, -0.25) is 9.69 Å². The van der Waals surface area contributed by atoms with Crippen LogP contribution in [0.1, 0.15) is 44.0 Å². The number of carbonyl (C=O) groups is 3. The van der Waals surface area contributed by atoms with Crippen LogP contribution in [-0.4, -0.2) is 48.2 Å². The fraction of sp³-hybridized carbons (Fsp3) is 0.333. The zero-order valence-electron chi connectivity index (χ0n) is 20.9. The maximum absolute atomic E-state index is 12.9. The van der Waals surface area contributed by atoms with Gasteiger partial charge in [-0.15, -0.1) is 0 Å². The second kappa shape index (κ2) is 10.3. The van der Waals surface area contributed by atoms with Crippen molar-refractivity contribution in [3.05, 3.63) is 64.5 Å². The molecule has 10 heteroatoms. The van der Waals surface area contributed by atoms with E-state index in [0.717, 1.165) is 6.26 Å². The number of esters is 2. The number of amides is 1. The lowest BCUT2D eigenvalue weighted by atomic mass is 10.2. The molecule has 0 radical (unpaired) electrons. The van der Waals surface area contributed by atoms with Gasteiger partial charge in [0.15, 0.2) is 0 Å². The maximum Gasteiger partial charge on any atom is 0.411 e. The first-order chi connectivity index (χ1) is 17.6. The Morgan fingerprint density at radius 1 is 1.03 bits per heavy atom. The highest BCUT2D eigenvalue weighted by atomic mass is 16.6. The Hall–Kier alpha value is -4.34. The van der Waals surface area contributed by atoms with Gasteiger partial charge in [-0.2, -0.15) is 0 Å². The van der Waals surface area contributed by atoms with E-state index in [1.807, 2.05) is 0 Å². The minimum absolute atomic E-state index is 0.0537. The van der Waals surface area contributed by atoms with Crippen LogP contribution in [0.5, 0.6) is 17.2 Å². The number of carbonyl (C=O) groups excluding carboxylic acids is 3. The molecule has 1 atom stereocenters. The van der Waals surface area contributed by atoms with Gasteiger partial charge in [0.2, 0.25) is 11.2 Å². The molecule has 37 heavy (non-hydrogen) atoms. The van der Waals surface area contributed by atoms with Gasteiger partial charge < -0.3 is 23.4 Å². The van der Waals surface area contributed by atoms with E-state index in [2.05, 4.69) is 4.74 Å². The zero-order chi connectivity index (χ0) is 26.7. The third-order valence-corrected chi connectivity index (χ3v) is 5.59. The van der Waals surface area contributed by atoms with E-state index in [4.69, 9.17) is 18.6 Å². The third kappa shape index (κ3) is 5.91. The number of benzene rings is 2. The molecular weight excluding hydrogens is 482 g/mol.